The average molecular weight is 430 g/mol. The van der Waals surface area contributed by atoms with Gasteiger partial charge in [-0.15, -0.1) is 0 Å². The van der Waals surface area contributed by atoms with E-state index in [9.17, 15) is 9.59 Å². The van der Waals surface area contributed by atoms with Crippen LogP contribution in [0.3, 0.4) is 0 Å². The molecule has 168 valence electrons. The van der Waals surface area contributed by atoms with Crippen LogP contribution in [0.2, 0.25) is 0 Å². The molecule has 1 atom stereocenters. The lowest BCUT2D eigenvalue weighted by molar-refractivity contribution is 0.0296. The van der Waals surface area contributed by atoms with Crippen molar-refractivity contribution < 1.29 is 18.8 Å². The summed E-state index contributed by atoms with van der Waals surface area (Å²) in [5.74, 6) is 0.323. The Kier molecular flexibility index (Phi) is 5.88. The topological polar surface area (TPSA) is 93.7 Å². The summed E-state index contributed by atoms with van der Waals surface area (Å²) in [5.41, 5.74) is 1.58. The standard InChI is InChI=1S/C22H31N5O4/c1-22(2,3)19-14-17(25(4)23-19)21(29)27-8-6-5-7-16(27)18-13-15(24-31-18)20(28)26-9-11-30-12-10-26/h13-14,16H,5-12H2,1-4H3. The van der Waals surface area contributed by atoms with E-state index in [2.05, 4.69) is 31.0 Å². The Hall–Kier alpha value is -2.68. The van der Waals surface area contributed by atoms with E-state index in [1.807, 2.05) is 11.0 Å². The van der Waals surface area contributed by atoms with Crippen LogP contribution in [0.25, 0.3) is 0 Å². The molecule has 9 heteroatoms. The highest BCUT2D eigenvalue weighted by molar-refractivity contribution is 5.94. The molecular weight excluding hydrogens is 398 g/mol. The molecule has 4 heterocycles. The molecule has 0 bridgehead atoms. The fourth-order valence-corrected chi connectivity index (χ4v) is 4.13. The predicted octanol–water partition coefficient (Wildman–Crippen LogP) is 2.55. The van der Waals surface area contributed by atoms with E-state index in [1.54, 1.807) is 22.7 Å². The Morgan fingerprint density at radius 1 is 1.06 bits per heavy atom. The maximum Gasteiger partial charge on any atom is 0.276 e. The molecule has 0 aromatic carbocycles. The van der Waals surface area contributed by atoms with Gasteiger partial charge in [0.2, 0.25) is 0 Å². The second-order valence-electron chi connectivity index (χ2n) is 9.32. The third-order valence-corrected chi connectivity index (χ3v) is 6.01. The van der Waals surface area contributed by atoms with E-state index in [1.165, 1.54) is 0 Å². The van der Waals surface area contributed by atoms with E-state index in [0.29, 0.717) is 44.3 Å². The Bertz CT molecular complexity index is 952. The molecule has 4 rings (SSSR count). The lowest BCUT2D eigenvalue weighted by atomic mass is 9.92. The Morgan fingerprint density at radius 3 is 2.48 bits per heavy atom. The number of carbonyl (C=O) groups excluding carboxylic acids is 2. The first-order valence-corrected chi connectivity index (χ1v) is 10.9. The van der Waals surface area contributed by atoms with E-state index in [-0.39, 0.29) is 29.0 Å². The van der Waals surface area contributed by atoms with Crippen LogP contribution in [0, 0.1) is 0 Å². The minimum absolute atomic E-state index is 0.0762. The normalized spacial score (nSPS) is 20.2. The molecule has 2 aromatic rings. The average Bonchev–Trinajstić information content (AvgIpc) is 3.40. The van der Waals surface area contributed by atoms with Crippen molar-refractivity contribution in [3.63, 3.8) is 0 Å². The number of hydrogen-bond donors (Lipinski definition) is 0. The summed E-state index contributed by atoms with van der Waals surface area (Å²) in [6.45, 7) is 9.02. The number of carbonyl (C=O) groups is 2. The van der Waals surface area contributed by atoms with Crippen molar-refractivity contribution in [2.45, 2.75) is 51.5 Å². The number of piperidine rings is 1. The van der Waals surface area contributed by atoms with E-state index >= 15 is 0 Å². The van der Waals surface area contributed by atoms with E-state index in [4.69, 9.17) is 9.26 Å². The smallest absolute Gasteiger partial charge is 0.276 e. The summed E-state index contributed by atoms with van der Waals surface area (Å²) in [4.78, 5) is 29.7. The molecule has 0 N–H and O–H groups in total. The molecule has 1 unspecified atom stereocenters. The molecule has 2 aliphatic heterocycles. The first-order chi connectivity index (χ1) is 14.8. The number of likely N-dealkylation sites (tertiary alicyclic amines) is 1. The second kappa shape index (κ2) is 8.45. The summed E-state index contributed by atoms with van der Waals surface area (Å²) in [7, 11) is 1.80. The van der Waals surface area contributed by atoms with Gasteiger partial charge in [-0.05, 0) is 25.3 Å². The van der Waals surface area contributed by atoms with Gasteiger partial charge in [-0.3, -0.25) is 14.3 Å². The zero-order valence-electron chi connectivity index (χ0n) is 18.8. The molecule has 0 aliphatic carbocycles. The van der Waals surface area contributed by atoms with Crippen LogP contribution in [0.15, 0.2) is 16.7 Å². The molecule has 31 heavy (non-hydrogen) atoms. The predicted molar refractivity (Wildman–Crippen MR) is 113 cm³/mol. The number of rotatable bonds is 3. The van der Waals surface area contributed by atoms with Crippen LogP contribution < -0.4 is 0 Å². The molecule has 0 radical (unpaired) electrons. The molecule has 9 nitrogen and oxygen atoms in total. The first-order valence-electron chi connectivity index (χ1n) is 10.9. The summed E-state index contributed by atoms with van der Waals surface area (Å²) in [6.07, 6.45) is 2.69. The molecule has 2 saturated heterocycles. The van der Waals surface area contributed by atoms with E-state index in [0.717, 1.165) is 25.0 Å². The van der Waals surface area contributed by atoms with Crippen LogP contribution in [0.4, 0.5) is 0 Å². The van der Waals surface area contributed by atoms with Gasteiger partial charge in [0, 0.05) is 38.2 Å². The zero-order chi connectivity index (χ0) is 22.2. The largest absolute Gasteiger partial charge is 0.378 e. The van der Waals surface area contributed by atoms with Gasteiger partial charge in [-0.1, -0.05) is 25.9 Å². The maximum atomic E-state index is 13.4. The highest BCUT2D eigenvalue weighted by Gasteiger charge is 2.34. The number of ether oxygens (including phenoxy) is 1. The van der Waals surface area contributed by atoms with Crippen LogP contribution in [-0.4, -0.2) is 69.4 Å². The van der Waals surface area contributed by atoms with Gasteiger partial charge >= 0.3 is 0 Å². The summed E-state index contributed by atoms with van der Waals surface area (Å²) in [6, 6.07) is 3.33. The van der Waals surface area contributed by atoms with Gasteiger partial charge in [0.05, 0.1) is 24.9 Å². The molecule has 2 aromatic heterocycles. The van der Waals surface area contributed by atoms with Gasteiger partial charge in [-0.2, -0.15) is 5.10 Å². The van der Waals surface area contributed by atoms with Crippen LogP contribution in [-0.2, 0) is 17.2 Å². The highest BCUT2D eigenvalue weighted by Crippen LogP contribution is 2.33. The van der Waals surface area contributed by atoms with Gasteiger partial charge in [0.15, 0.2) is 11.5 Å². The zero-order valence-corrected chi connectivity index (χ0v) is 18.8. The van der Waals surface area contributed by atoms with Crippen molar-refractivity contribution in [1.82, 2.24) is 24.7 Å². The highest BCUT2D eigenvalue weighted by atomic mass is 16.5. The molecule has 2 amide bonds. The van der Waals surface area contributed by atoms with Crippen molar-refractivity contribution in [2.75, 3.05) is 32.8 Å². The fourth-order valence-electron chi connectivity index (χ4n) is 4.13. The van der Waals surface area contributed by atoms with Crippen LogP contribution >= 0.6 is 0 Å². The van der Waals surface area contributed by atoms with Gasteiger partial charge in [0.1, 0.15) is 5.69 Å². The summed E-state index contributed by atoms with van der Waals surface area (Å²) in [5, 5.41) is 8.57. The lowest BCUT2D eigenvalue weighted by Gasteiger charge is -2.34. The number of aryl methyl sites for hydroxylation is 1. The quantitative estimate of drug-likeness (QED) is 0.744. The monoisotopic (exact) mass is 429 g/mol. The minimum atomic E-state index is -0.243. The number of aromatic nitrogens is 3. The fraction of sp³-hybridized carbons (Fsp3) is 0.636. The molecule has 2 aliphatic rings. The number of nitrogens with zero attached hydrogens (tertiary/aromatic N) is 5. The van der Waals surface area contributed by atoms with Crippen molar-refractivity contribution in [1.29, 1.82) is 0 Å². The Labute approximate surface area is 182 Å². The number of morpholine rings is 1. The second-order valence-corrected chi connectivity index (χ2v) is 9.32. The minimum Gasteiger partial charge on any atom is -0.378 e. The van der Waals surface area contributed by atoms with Gasteiger partial charge < -0.3 is 19.1 Å². The number of hydrogen-bond acceptors (Lipinski definition) is 6. The lowest BCUT2D eigenvalue weighted by Crippen LogP contribution is -2.41. The van der Waals surface area contributed by atoms with Crippen LogP contribution in [0.5, 0.6) is 0 Å². The van der Waals surface area contributed by atoms with E-state index < -0.39 is 0 Å². The first kappa shape index (κ1) is 21.5. The third-order valence-electron chi connectivity index (χ3n) is 6.01. The summed E-state index contributed by atoms with van der Waals surface area (Å²) >= 11 is 0. The summed E-state index contributed by atoms with van der Waals surface area (Å²) < 4.78 is 12.5. The molecule has 0 spiro atoms. The Balaban J connectivity index is 1.56. The van der Waals surface area contributed by atoms with Gasteiger partial charge in [-0.25, -0.2) is 0 Å². The third kappa shape index (κ3) is 4.37. The maximum absolute atomic E-state index is 13.4. The van der Waals surface area contributed by atoms with Crippen molar-refractivity contribution in [3.8, 4) is 0 Å². The Morgan fingerprint density at radius 2 is 1.81 bits per heavy atom. The number of amides is 2. The van der Waals surface area contributed by atoms with Gasteiger partial charge in [0.25, 0.3) is 11.8 Å². The van der Waals surface area contributed by atoms with Crippen molar-refractivity contribution in [2.24, 2.45) is 7.05 Å². The SMILES string of the molecule is Cn1nc(C(C)(C)C)cc1C(=O)N1CCCCC1c1cc(C(=O)N2CCOCC2)no1. The molecule has 0 saturated carbocycles. The van der Waals surface area contributed by atoms with Crippen LogP contribution in [0.1, 0.15) is 78.5 Å². The molecular formula is C22H31N5O4. The van der Waals surface area contributed by atoms with Crippen molar-refractivity contribution in [3.05, 3.63) is 35.0 Å². The van der Waals surface area contributed by atoms with Crippen molar-refractivity contribution >= 4 is 11.8 Å². The molecule has 2 fully saturated rings.